The number of rotatable bonds is 4. The number of ether oxygens (including phenoxy) is 2. The lowest BCUT2D eigenvalue weighted by molar-refractivity contribution is -0.363. The molecule has 4 nitrogen and oxygen atoms in total. The fourth-order valence-electron chi connectivity index (χ4n) is 0.853. The summed E-state index contributed by atoms with van der Waals surface area (Å²) in [5, 5.41) is -2.16. The quantitative estimate of drug-likeness (QED) is 0.574. The van der Waals surface area contributed by atoms with E-state index in [1.54, 1.807) is 0 Å². The Kier molecular flexibility index (Phi) is 4.16. The van der Waals surface area contributed by atoms with Crippen molar-refractivity contribution in [1.82, 2.24) is 0 Å². The summed E-state index contributed by atoms with van der Waals surface area (Å²) in [6.07, 6.45) is -4.96. The molecule has 0 radical (unpaired) electrons. The SMILES string of the molecule is COC(OC)(C(Cl)C(N)=O)C(F)(F)F. The zero-order valence-electron chi connectivity index (χ0n) is 7.39. The summed E-state index contributed by atoms with van der Waals surface area (Å²) >= 11 is 5.18. The van der Waals surface area contributed by atoms with Gasteiger partial charge >= 0.3 is 6.18 Å². The van der Waals surface area contributed by atoms with Crippen LogP contribution in [0.5, 0.6) is 0 Å². The van der Waals surface area contributed by atoms with E-state index in [1.165, 1.54) is 0 Å². The number of hydrogen-bond donors (Lipinski definition) is 1. The molecule has 0 aromatic rings. The third-order valence-electron chi connectivity index (χ3n) is 1.59. The van der Waals surface area contributed by atoms with Crippen LogP contribution < -0.4 is 5.73 Å². The lowest BCUT2D eigenvalue weighted by atomic mass is 10.1. The number of primary amides is 1. The van der Waals surface area contributed by atoms with Crippen molar-refractivity contribution in [1.29, 1.82) is 0 Å². The zero-order valence-corrected chi connectivity index (χ0v) is 8.15. The van der Waals surface area contributed by atoms with Crippen LogP contribution in [0.4, 0.5) is 13.2 Å². The van der Waals surface area contributed by atoms with E-state index >= 15 is 0 Å². The monoisotopic (exact) mass is 235 g/mol. The zero-order chi connectivity index (χ0) is 11.6. The van der Waals surface area contributed by atoms with Gasteiger partial charge in [0.2, 0.25) is 5.91 Å². The summed E-state index contributed by atoms with van der Waals surface area (Å²) in [5.74, 6) is -4.59. The van der Waals surface area contributed by atoms with Gasteiger partial charge in [0.05, 0.1) is 0 Å². The maximum atomic E-state index is 12.4. The molecule has 0 aromatic carbocycles. The van der Waals surface area contributed by atoms with Crippen LogP contribution in [-0.4, -0.2) is 37.5 Å². The Morgan fingerprint density at radius 1 is 1.36 bits per heavy atom. The van der Waals surface area contributed by atoms with Crippen LogP contribution >= 0.6 is 11.6 Å². The van der Waals surface area contributed by atoms with Crippen molar-refractivity contribution in [3.63, 3.8) is 0 Å². The van der Waals surface area contributed by atoms with Crippen LogP contribution in [0, 0.1) is 0 Å². The van der Waals surface area contributed by atoms with Crippen molar-refractivity contribution in [2.24, 2.45) is 5.73 Å². The van der Waals surface area contributed by atoms with E-state index in [-0.39, 0.29) is 0 Å². The highest BCUT2D eigenvalue weighted by Crippen LogP contribution is 2.38. The van der Waals surface area contributed by atoms with E-state index in [0.717, 1.165) is 14.2 Å². The number of carbonyl (C=O) groups excluding carboxylic acids is 1. The summed E-state index contributed by atoms with van der Waals surface area (Å²) in [5.41, 5.74) is 4.64. The standard InChI is InChI=1S/C6H9ClF3NO3/c1-13-5(14-2,6(8,9)10)3(7)4(11)12/h3H,1-2H3,(H2,11,12). The second-order valence-corrected chi connectivity index (χ2v) is 2.77. The molecule has 0 saturated heterocycles. The Labute approximate surface area is 83.1 Å². The Bertz CT molecular complexity index is 217. The fraction of sp³-hybridized carbons (Fsp3) is 0.833. The molecule has 0 aliphatic carbocycles. The minimum absolute atomic E-state index is 0.718. The summed E-state index contributed by atoms with van der Waals surface area (Å²) in [7, 11) is 1.44. The van der Waals surface area contributed by atoms with Crippen LogP contribution in [0.15, 0.2) is 0 Å². The molecule has 8 heteroatoms. The maximum absolute atomic E-state index is 12.4. The smallest absolute Gasteiger partial charge is 0.368 e. The minimum atomic E-state index is -4.96. The van der Waals surface area contributed by atoms with Crippen molar-refractivity contribution < 1.29 is 27.4 Å². The molecule has 0 aliphatic heterocycles. The molecule has 0 aromatic heterocycles. The van der Waals surface area contributed by atoms with Crippen molar-refractivity contribution in [3.05, 3.63) is 0 Å². The van der Waals surface area contributed by atoms with Crippen molar-refractivity contribution >= 4 is 17.5 Å². The van der Waals surface area contributed by atoms with Gasteiger partial charge in [0.1, 0.15) is 0 Å². The Morgan fingerprint density at radius 3 is 1.79 bits per heavy atom. The molecule has 1 atom stereocenters. The van der Waals surface area contributed by atoms with E-state index in [4.69, 9.17) is 11.6 Å². The number of hydrogen-bond acceptors (Lipinski definition) is 3. The van der Waals surface area contributed by atoms with Crippen LogP contribution in [-0.2, 0) is 14.3 Å². The molecule has 84 valence electrons. The number of nitrogens with two attached hydrogens (primary N) is 1. The maximum Gasteiger partial charge on any atom is 0.445 e. The fourth-order valence-corrected chi connectivity index (χ4v) is 1.15. The number of alkyl halides is 4. The minimum Gasteiger partial charge on any atom is -0.368 e. The highest BCUT2D eigenvalue weighted by Gasteiger charge is 2.63. The van der Waals surface area contributed by atoms with Gasteiger partial charge in [0.25, 0.3) is 5.79 Å². The molecule has 0 fully saturated rings. The molecular formula is C6H9ClF3NO3. The highest BCUT2D eigenvalue weighted by molar-refractivity contribution is 6.31. The van der Waals surface area contributed by atoms with Gasteiger partial charge in [-0.2, -0.15) is 13.2 Å². The lowest BCUT2D eigenvalue weighted by Crippen LogP contribution is -2.59. The van der Waals surface area contributed by atoms with Crippen molar-refractivity contribution in [3.8, 4) is 0 Å². The molecule has 0 bridgehead atoms. The van der Waals surface area contributed by atoms with E-state index in [2.05, 4.69) is 15.2 Å². The summed E-state index contributed by atoms with van der Waals surface area (Å²) in [6.45, 7) is 0. The third-order valence-corrected chi connectivity index (χ3v) is 2.09. The van der Waals surface area contributed by atoms with Gasteiger partial charge in [0, 0.05) is 14.2 Å². The van der Waals surface area contributed by atoms with Gasteiger partial charge in [-0.25, -0.2) is 0 Å². The van der Waals surface area contributed by atoms with E-state index in [9.17, 15) is 18.0 Å². The van der Waals surface area contributed by atoms with Crippen LogP contribution in [0.2, 0.25) is 0 Å². The number of halogens is 4. The number of methoxy groups -OCH3 is 2. The van der Waals surface area contributed by atoms with Crippen molar-refractivity contribution in [2.75, 3.05) is 14.2 Å². The van der Waals surface area contributed by atoms with Crippen LogP contribution in [0.3, 0.4) is 0 Å². The second-order valence-electron chi connectivity index (χ2n) is 2.34. The number of carbonyl (C=O) groups is 1. The largest absolute Gasteiger partial charge is 0.445 e. The predicted molar refractivity (Wildman–Crippen MR) is 41.6 cm³/mol. The second kappa shape index (κ2) is 4.33. The summed E-state index contributed by atoms with van der Waals surface area (Å²) in [4.78, 5) is 10.5. The van der Waals surface area contributed by atoms with Gasteiger partial charge in [-0.05, 0) is 0 Å². The molecule has 2 N–H and O–H groups in total. The first-order valence-corrected chi connectivity index (χ1v) is 3.77. The topological polar surface area (TPSA) is 61.6 Å². The van der Waals surface area contributed by atoms with Crippen LogP contribution in [0.25, 0.3) is 0 Å². The van der Waals surface area contributed by atoms with E-state index in [0.29, 0.717) is 0 Å². The van der Waals surface area contributed by atoms with Gasteiger partial charge in [-0.1, -0.05) is 0 Å². The molecule has 0 rings (SSSR count). The van der Waals surface area contributed by atoms with Crippen molar-refractivity contribution in [2.45, 2.75) is 17.3 Å². The molecule has 14 heavy (non-hydrogen) atoms. The first kappa shape index (κ1) is 13.5. The lowest BCUT2D eigenvalue weighted by Gasteiger charge is -2.34. The first-order chi connectivity index (χ1) is 6.23. The molecule has 0 spiro atoms. The molecular weight excluding hydrogens is 227 g/mol. The van der Waals surface area contributed by atoms with E-state index in [1.807, 2.05) is 0 Å². The Morgan fingerprint density at radius 2 is 1.71 bits per heavy atom. The van der Waals surface area contributed by atoms with Gasteiger partial charge < -0.3 is 15.2 Å². The van der Waals surface area contributed by atoms with E-state index < -0.39 is 23.2 Å². The Hall–Kier alpha value is -0.530. The molecule has 0 aliphatic rings. The van der Waals surface area contributed by atoms with Crippen LogP contribution in [0.1, 0.15) is 0 Å². The third kappa shape index (κ3) is 2.10. The molecule has 0 saturated carbocycles. The first-order valence-electron chi connectivity index (χ1n) is 3.33. The van der Waals surface area contributed by atoms with Gasteiger partial charge in [-0.3, -0.25) is 4.79 Å². The normalized spacial score (nSPS) is 15.3. The Balaban J connectivity index is 5.18. The predicted octanol–water partition coefficient (Wildman–Crippen LogP) is 0.631. The van der Waals surface area contributed by atoms with Gasteiger partial charge in [0.15, 0.2) is 5.38 Å². The summed E-state index contributed by atoms with van der Waals surface area (Å²) in [6, 6.07) is 0. The van der Waals surface area contributed by atoms with Gasteiger partial charge in [-0.15, -0.1) is 11.6 Å². The average molecular weight is 236 g/mol. The number of amides is 1. The summed E-state index contributed by atoms with van der Waals surface area (Å²) < 4.78 is 45.5. The molecule has 1 amide bonds. The molecule has 0 heterocycles. The highest BCUT2D eigenvalue weighted by atomic mass is 35.5. The molecule has 1 unspecified atom stereocenters. The average Bonchev–Trinajstić information content (AvgIpc) is 2.04.